The Morgan fingerprint density at radius 1 is 1.12 bits per heavy atom. The number of hydrogen-bond acceptors (Lipinski definition) is 5. The number of nitrogens with one attached hydrogen (secondary N) is 1. The van der Waals surface area contributed by atoms with Crippen LogP contribution in [0.4, 0.5) is 8.78 Å². The maximum atomic E-state index is 14.0. The molecule has 0 unspecified atom stereocenters. The van der Waals surface area contributed by atoms with E-state index in [9.17, 15) is 13.6 Å². The van der Waals surface area contributed by atoms with E-state index in [1.54, 1.807) is 13.0 Å². The van der Waals surface area contributed by atoms with E-state index in [4.69, 9.17) is 4.74 Å². The van der Waals surface area contributed by atoms with E-state index in [1.165, 1.54) is 22.7 Å². The quantitative estimate of drug-likeness (QED) is 0.591. The summed E-state index contributed by atoms with van der Waals surface area (Å²) in [5.41, 5.74) is 2.31. The van der Waals surface area contributed by atoms with Gasteiger partial charge in [0, 0.05) is 45.3 Å². The Morgan fingerprint density at radius 2 is 1.82 bits per heavy atom. The first-order valence-electron chi connectivity index (χ1n) is 11.1. The molecule has 3 heterocycles. The van der Waals surface area contributed by atoms with Crippen molar-refractivity contribution in [1.82, 2.24) is 24.7 Å². The average molecular weight is 458 g/mol. The molecule has 0 atom stereocenters. The number of amides is 1. The largest absolute Gasteiger partial charge is 0.473 e. The fraction of sp³-hybridized carbons (Fsp3) is 0.417. The molecule has 0 spiro atoms. The van der Waals surface area contributed by atoms with Crippen molar-refractivity contribution >= 4 is 11.4 Å². The summed E-state index contributed by atoms with van der Waals surface area (Å²) in [6, 6.07) is 7.27. The summed E-state index contributed by atoms with van der Waals surface area (Å²) in [4.78, 5) is 17.6. The highest BCUT2D eigenvalue weighted by Gasteiger charge is 2.21. The van der Waals surface area contributed by atoms with Crippen molar-refractivity contribution in [2.45, 2.75) is 20.5 Å². The van der Waals surface area contributed by atoms with Gasteiger partial charge in [-0.25, -0.2) is 8.78 Å². The smallest absolute Gasteiger partial charge is 0.255 e. The topological polar surface area (TPSA) is 62.1 Å². The second-order valence-electron chi connectivity index (χ2n) is 8.52. The third-order valence-electron chi connectivity index (χ3n) is 5.98. The predicted molar refractivity (Wildman–Crippen MR) is 122 cm³/mol. The standard InChI is InChI=1S/C24H29F2N5O2/c1-16-13-21-23(24(32)27-7-8-30-11-9-29(3)10-12-30)17(2)28-31(21)22(14-16)33-15-18-19(25)5-4-6-20(18)26/h4-6,13-14H,7-12,15H2,1-3H3,(H,27,32). The van der Waals surface area contributed by atoms with E-state index in [1.807, 2.05) is 13.0 Å². The second-order valence-corrected chi connectivity index (χ2v) is 8.52. The maximum Gasteiger partial charge on any atom is 0.255 e. The highest BCUT2D eigenvalue weighted by molar-refractivity contribution is 6.02. The van der Waals surface area contributed by atoms with Crippen molar-refractivity contribution in [3.8, 4) is 5.88 Å². The lowest BCUT2D eigenvalue weighted by Crippen LogP contribution is -2.46. The number of piperazine rings is 1. The van der Waals surface area contributed by atoms with Crippen molar-refractivity contribution in [2.75, 3.05) is 46.3 Å². The lowest BCUT2D eigenvalue weighted by atomic mass is 10.1. The SMILES string of the molecule is Cc1cc(OCc2c(F)cccc2F)n2nc(C)c(C(=O)NCCN3CCN(C)CC3)c2c1. The maximum absolute atomic E-state index is 14.0. The molecule has 176 valence electrons. The van der Waals surface area contributed by atoms with Gasteiger partial charge < -0.3 is 15.0 Å². The molecule has 1 aliphatic rings. The molecule has 0 aliphatic carbocycles. The van der Waals surface area contributed by atoms with Gasteiger partial charge in [0.25, 0.3) is 5.91 Å². The number of ether oxygens (including phenoxy) is 1. The Bertz CT molecular complexity index is 1140. The highest BCUT2D eigenvalue weighted by Crippen LogP contribution is 2.24. The normalized spacial score (nSPS) is 15.2. The minimum atomic E-state index is -0.670. The van der Waals surface area contributed by atoms with Crippen LogP contribution in [0.15, 0.2) is 30.3 Å². The van der Waals surface area contributed by atoms with Gasteiger partial charge in [-0.1, -0.05) is 6.07 Å². The Hall–Kier alpha value is -3.04. The number of benzene rings is 1. The highest BCUT2D eigenvalue weighted by atomic mass is 19.1. The summed E-state index contributed by atoms with van der Waals surface area (Å²) in [7, 11) is 2.11. The third kappa shape index (κ3) is 5.15. The van der Waals surface area contributed by atoms with Crippen LogP contribution < -0.4 is 10.1 Å². The van der Waals surface area contributed by atoms with Crippen molar-refractivity contribution in [2.24, 2.45) is 0 Å². The van der Waals surface area contributed by atoms with E-state index < -0.39 is 11.6 Å². The van der Waals surface area contributed by atoms with Crippen LogP contribution in [0, 0.1) is 25.5 Å². The molecule has 1 aliphatic heterocycles. The van der Waals surface area contributed by atoms with Gasteiger partial charge in [0.1, 0.15) is 18.2 Å². The molecule has 0 radical (unpaired) electrons. The van der Waals surface area contributed by atoms with Gasteiger partial charge in [-0.2, -0.15) is 9.61 Å². The van der Waals surface area contributed by atoms with Gasteiger partial charge in [0.15, 0.2) is 0 Å². The lowest BCUT2D eigenvalue weighted by Gasteiger charge is -2.32. The molecular formula is C24H29F2N5O2. The van der Waals surface area contributed by atoms with Crippen LogP contribution in [0.3, 0.4) is 0 Å². The molecular weight excluding hydrogens is 428 g/mol. The van der Waals surface area contributed by atoms with Crippen LogP contribution in [0.25, 0.3) is 5.52 Å². The zero-order valence-corrected chi connectivity index (χ0v) is 19.2. The number of pyridine rings is 1. The Morgan fingerprint density at radius 3 is 2.52 bits per heavy atom. The summed E-state index contributed by atoms with van der Waals surface area (Å²) < 4.78 is 35.2. The fourth-order valence-corrected chi connectivity index (χ4v) is 4.05. The summed E-state index contributed by atoms with van der Waals surface area (Å²) in [5.74, 6) is -1.23. The second kappa shape index (κ2) is 9.84. The van der Waals surface area contributed by atoms with E-state index >= 15 is 0 Å². The number of halogens is 2. The summed E-state index contributed by atoms with van der Waals surface area (Å²) in [6.45, 7) is 8.71. The van der Waals surface area contributed by atoms with Crippen LogP contribution in [0.2, 0.25) is 0 Å². The molecule has 1 saturated heterocycles. The number of hydrogen-bond donors (Lipinski definition) is 1. The summed E-state index contributed by atoms with van der Waals surface area (Å²) >= 11 is 0. The molecule has 4 rings (SSSR count). The first kappa shape index (κ1) is 23.1. The number of likely N-dealkylation sites (N-methyl/N-ethyl adjacent to an activating group) is 1. The minimum absolute atomic E-state index is 0.155. The number of rotatable bonds is 7. The number of aryl methyl sites for hydroxylation is 2. The van der Waals surface area contributed by atoms with Gasteiger partial charge in [0.2, 0.25) is 5.88 Å². The van der Waals surface area contributed by atoms with E-state index in [0.29, 0.717) is 29.2 Å². The molecule has 7 nitrogen and oxygen atoms in total. The van der Waals surface area contributed by atoms with Crippen LogP contribution in [0.1, 0.15) is 27.2 Å². The van der Waals surface area contributed by atoms with E-state index in [-0.39, 0.29) is 18.1 Å². The van der Waals surface area contributed by atoms with Crippen molar-refractivity contribution in [1.29, 1.82) is 0 Å². The van der Waals surface area contributed by atoms with Crippen LogP contribution in [-0.4, -0.2) is 71.6 Å². The summed E-state index contributed by atoms with van der Waals surface area (Å²) in [5, 5.41) is 7.47. The Kier molecular flexibility index (Phi) is 6.90. The van der Waals surface area contributed by atoms with Crippen LogP contribution in [0.5, 0.6) is 5.88 Å². The zero-order valence-electron chi connectivity index (χ0n) is 19.2. The van der Waals surface area contributed by atoms with Crippen molar-refractivity contribution in [3.63, 3.8) is 0 Å². The molecule has 1 amide bonds. The lowest BCUT2D eigenvalue weighted by molar-refractivity contribution is 0.0942. The molecule has 1 N–H and O–H groups in total. The summed E-state index contributed by atoms with van der Waals surface area (Å²) in [6.07, 6.45) is 0. The average Bonchev–Trinajstić information content (AvgIpc) is 3.10. The molecule has 3 aromatic rings. The molecule has 9 heteroatoms. The predicted octanol–water partition coefficient (Wildman–Crippen LogP) is 2.79. The molecule has 1 aromatic carbocycles. The molecule has 33 heavy (non-hydrogen) atoms. The third-order valence-corrected chi connectivity index (χ3v) is 5.98. The molecule has 0 bridgehead atoms. The van der Waals surface area contributed by atoms with Crippen molar-refractivity contribution in [3.05, 3.63) is 64.4 Å². The monoisotopic (exact) mass is 457 g/mol. The number of fused-ring (bicyclic) bond motifs is 1. The number of aromatic nitrogens is 2. The number of carbonyl (C=O) groups excluding carboxylic acids is 1. The zero-order chi connectivity index (χ0) is 23.5. The van der Waals surface area contributed by atoms with E-state index in [2.05, 4.69) is 27.3 Å². The van der Waals surface area contributed by atoms with Gasteiger partial charge in [-0.15, -0.1) is 0 Å². The Balaban J connectivity index is 1.49. The molecule has 2 aromatic heterocycles. The van der Waals surface area contributed by atoms with Crippen molar-refractivity contribution < 1.29 is 18.3 Å². The van der Waals surface area contributed by atoms with Gasteiger partial charge in [-0.3, -0.25) is 9.69 Å². The van der Waals surface area contributed by atoms with Crippen LogP contribution >= 0.6 is 0 Å². The first-order chi connectivity index (χ1) is 15.8. The van der Waals surface area contributed by atoms with Gasteiger partial charge >= 0.3 is 0 Å². The van der Waals surface area contributed by atoms with Crippen LogP contribution in [-0.2, 0) is 6.61 Å². The van der Waals surface area contributed by atoms with E-state index in [0.717, 1.165) is 38.3 Å². The number of carbonyl (C=O) groups is 1. The fourth-order valence-electron chi connectivity index (χ4n) is 4.05. The van der Waals surface area contributed by atoms with Gasteiger partial charge in [-0.05, 0) is 44.7 Å². The molecule has 1 fully saturated rings. The molecule has 0 saturated carbocycles. The first-order valence-corrected chi connectivity index (χ1v) is 11.1. The minimum Gasteiger partial charge on any atom is -0.473 e. The Labute approximate surface area is 191 Å². The number of nitrogens with zero attached hydrogens (tertiary/aromatic N) is 4. The van der Waals surface area contributed by atoms with Gasteiger partial charge in [0.05, 0.1) is 22.3 Å².